The highest BCUT2D eigenvalue weighted by atomic mass is 16.2. The monoisotopic (exact) mass is 372 g/mol. The van der Waals surface area contributed by atoms with E-state index in [1.807, 2.05) is 23.4 Å². The Morgan fingerprint density at radius 3 is 2.26 bits per heavy atom. The van der Waals surface area contributed by atoms with Gasteiger partial charge in [0.05, 0.1) is 6.04 Å². The molecule has 1 aliphatic heterocycles. The summed E-state index contributed by atoms with van der Waals surface area (Å²) in [6.07, 6.45) is 9.04. The van der Waals surface area contributed by atoms with Crippen LogP contribution in [0, 0.1) is 23.7 Å². The summed E-state index contributed by atoms with van der Waals surface area (Å²) in [4.78, 5) is 17.4. The predicted molar refractivity (Wildman–Crippen MR) is 102 cm³/mol. The van der Waals surface area contributed by atoms with Gasteiger partial charge in [0.15, 0.2) is 5.82 Å². The SMILES string of the molecule is C[C@@H](NC(=O)N1CCN(C2C3CC4CC(C3)CC2C4)CC1)c1nncn1C. The van der Waals surface area contributed by atoms with Gasteiger partial charge in [-0.1, -0.05) is 0 Å². The molecule has 4 aliphatic carbocycles. The van der Waals surface area contributed by atoms with Gasteiger partial charge < -0.3 is 14.8 Å². The fraction of sp³-hybridized carbons (Fsp3) is 0.850. The lowest BCUT2D eigenvalue weighted by Gasteiger charge is -2.58. The highest BCUT2D eigenvalue weighted by Gasteiger charge is 2.50. The molecule has 1 saturated heterocycles. The Labute approximate surface area is 161 Å². The molecular formula is C20H32N6O. The second kappa shape index (κ2) is 6.76. The molecule has 1 atom stereocenters. The molecule has 0 radical (unpaired) electrons. The summed E-state index contributed by atoms with van der Waals surface area (Å²) in [6, 6.07) is 0.684. The summed E-state index contributed by atoms with van der Waals surface area (Å²) in [5, 5.41) is 11.1. The lowest BCUT2D eigenvalue weighted by molar-refractivity contribution is -0.0737. The normalized spacial score (nSPS) is 36.8. The lowest BCUT2D eigenvalue weighted by Crippen LogP contribution is -2.61. The van der Waals surface area contributed by atoms with E-state index in [-0.39, 0.29) is 12.1 Å². The largest absolute Gasteiger partial charge is 0.328 e. The van der Waals surface area contributed by atoms with E-state index < -0.39 is 0 Å². The van der Waals surface area contributed by atoms with E-state index in [9.17, 15) is 4.79 Å². The Morgan fingerprint density at radius 1 is 1.07 bits per heavy atom. The molecule has 4 bridgehead atoms. The van der Waals surface area contributed by atoms with Crippen molar-refractivity contribution >= 4 is 6.03 Å². The topological polar surface area (TPSA) is 66.3 Å². The van der Waals surface area contributed by atoms with Crippen molar-refractivity contribution in [1.29, 1.82) is 0 Å². The Hall–Kier alpha value is -1.63. The third kappa shape index (κ3) is 3.13. The number of hydrogen-bond acceptors (Lipinski definition) is 4. The Kier molecular flexibility index (Phi) is 4.37. The van der Waals surface area contributed by atoms with E-state index in [0.29, 0.717) is 0 Å². The first-order valence-corrected chi connectivity index (χ1v) is 10.7. The van der Waals surface area contributed by atoms with E-state index in [4.69, 9.17) is 0 Å². The first kappa shape index (κ1) is 17.5. The zero-order valence-electron chi connectivity index (χ0n) is 16.5. The molecule has 2 amide bonds. The molecule has 4 saturated carbocycles. The van der Waals surface area contributed by atoms with E-state index in [1.54, 1.807) is 6.33 Å². The predicted octanol–water partition coefficient (Wildman–Crippen LogP) is 2.03. The number of amides is 2. The molecule has 7 heteroatoms. The van der Waals surface area contributed by atoms with Crippen molar-refractivity contribution in [3.63, 3.8) is 0 Å². The highest BCUT2D eigenvalue weighted by molar-refractivity contribution is 5.74. The van der Waals surface area contributed by atoms with Crippen LogP contribution in [0.2, 0.25) is 0 Å². The molecule has 6 rings (SSSR count). The van der Waals surface area contributed by atoms with Crippen LogP contribution in [-0.2, 0) is 7.05 Å². The summed E-state index contributed by atoms with van der Waals surface area (Å²) < 4.78 is 1.86. The minimum atomic E-state index is -0.132. The van der Waals surface area contributed by atoms with Crippen molar-refractivity contribution < 1.29 is 4.79 Å². The number of nitrogens with zero attached hydrogens (tertiary/aromatic N) is 5. The van der Waals surface area contributed by atoms with Crippen molar-refractivity contribution in [1.82, 2.24) is 29.9 Å². The lowest BCUT2D eigenvalue weighted by atomic mass is 9.54. The highest BCUT2D eigenvalue weighted by Crippen LogP contribution is 2.55. The van der Waals surface area contributed by atoms with Crippen LogP contribution in [0.25, 0.3) is 0 Å². The fourth-order valence-electron chi connectivity index (χ4n) is 6.74. The zero-order chi connectivity index (χ0) is 18.5. The Bertz CT molecular complexity index is 666. The molecule has 2 heterocycles. The summed E-state index contributed by atoms with van der Waals surface area (Å²) in [6.45, 7) is 5.69. The van der Waals surface area contributed by atoms with Crippen molar-refractivity contribution in [2.75, 3.05) is 26.2 Å². The van der Waals surface area contributed by atoms with Gasteiger partial charge in [-0.25, -0.2) is 4.79 Å². The summed E-state index contributed by atoms with van der Waals surface area (Å²) in [7, 11) is 1.90. The third-order valence-corrected chi connectivity index (χ3v) is 7.67. The second-order valence-corrected chi connectivity index (χ2v) is 9.42. The van der Waals surface area contributed by atoms with Gasteiger partial charge in [-0.2, -0.15) is 0 Å². The Morgan fingerprint density at radius 2 is 1.70 bits per heavy atom. The molecule has 148 valence electrons. The third-order valence-electron chi connectivity index (χ3n) is 7.67. The van der Waals surface area contributed by atoms with Gasteiger partial charge in [-0.15, -0.1) is 10.2 Å². The van der Waals surface area contributed by atoms with Gasteiger partial charge in [-0.3, -0.25) is 4.90 Å². The van der Waals surface area contributed by atoms with Gasteiger partial charge in [0.2, 0.25) is 0 Å². The summed E-state index contributed by atoms with van der Waals surface area (Å²) in [5.41, 5.74) is 0. The van der Waals surface area contributed by atoms with Gasteiger partial charge >= 0.3 is 6.03 Å². The van der Waals surface area contributed by atoms with Gasteiger partial charge in [0.1, 0.15) is 6.33 Å². The first-order valence-electron chi connectivity index (χ1n) is 10.7. The molecule has 0 aromatic carbocycles. The zero-order valence-corrected chi connectivity index (χ0v) is 16.5. The number of aryl methyl sites for hydroxylation is 1. The number of rotatable bonds is 3. The minimum Gasteiger partial charge on any atom is -0.328 e. The molecule has 1 aromatic heterocycles. The number of aromatic nitrogens is 3. The maximum atomic E-state index is 12.7. The van der Waals surface area contributed by atoms with Gasteiger partial charge in [0.25, 0.3) is 0 Å². The Balaban J connectivity index is 1.16. The van der Waals surface area contributed by atoms with E-state index in [0.717, 1.165) is 61.7 Å². The van der Waals surface area contributed by atoms with Crippen LogP contribution in [0.1, 0.15) is 50.9 Å². The molecule has 1 aromatic rings. The minimum absolute atomic E-state index is 0.0234. The molecule has 0 spiro atoms. The number of carbonyl (C=O) groups excluding carboxylic acids is 1. The molecule has 0 unspecified atom stereocenters. The van der Waals surface area contributed by atoms with Crippen LogP contribution in [0.3, 0.4) is 0 Å². The van der Waals surface area contributed by atoms with Gasteiger partial charge in [-0.05, 0) is 62.7 Å². The van der Waals surface area contributed by atoms with Crippen molar-refractivity contribution in [2.45, 2.75) is 51.1 Å². The van der Waals surface area contributed by atoms with Crippen LogP contribution >= 0.6 is 0 Å². The molecule has 5 aliphatic rings. The standard InChI is InChI=1S/C20H32N6O/c1-13(19-23-21-12-24(19)2)22-20(27)26-5-3-25(4-6-26)18-16-8-14-7-15(10-16)11-17(18)9-14/h12-18H,3-11H2,1-2H3,(H,22,27)/t13-,14?,15?,16?,17?,18?/m1/s1. The van der Waals surface area contributed by atoms with Crippen LogP contribution in [0.5, 0.6) is 0 Å². The number of nitrogens with one attached hydrogen (secondary N) is 1. The average molecular weight is 373 g/mol. The quantitative estimate of drug-likeness (QED) is 0.882. The van der Waals surface area contributed by atoms with Crippen molar-refractivity contribution in [3.05, 3.63) is 12.2 Å². The van der Waals surface area contributed by atoms with Crippen LogP contribution < -0.4 is 5.32 Å². The van der Waals surface area contributed by atoms with Crippen molar-refractivity contribution in [3.8, 4) is 0 Å². The molecule has 5 fully saturated rings. The number of hydrogen-bond donors (Lipinski definition) is 1. The smallest absolute Gasteiger partial charge is 0.318 e. The molecular weight excluding hydrogens is 340 g/mol. The van der Waals surface area contributed by atoms with Crippen LogP contribution in [0.15, 0.2) is 6.33 Å². The molecule has 7 nitrogen and oxygen atoms in total. The number of urea groups is 1. The molecule has 1 N–H and O–H groups in total. The van der Waals surface area contributed by atoms with E-state index in [2.05, 4.69) is 20.4 Å². The summed E-state index contributed by atoms with van der Waals surface area (Å²) >= 11 is 0. The number of piperazine rings is 1. The van der Waals surface area contributed by atoms with E-state index >= 15 is 0 Å². The second-order valence-electron chi connectivity index (χ2n) is 9.42. The van der Waals surface area contributed by atoms with Crippen LogP contribution in [-0.4, -0.2) is 62.8 Å². The van der Waals surface area contributed by atoms with Crippen LogP contribution in [0.4, 0.5) is 4.79 Å². The average Bonchev–Trinajstić information content (AvgIpc) is 3.07. The maximum Gasteiger partial charge on any atom is 0.318 e. The summed E-state index contributed by atoms with van der Waals surface area (Å²) in [5.74, 6) is 4.70. The first-order chi connectivity index (χ1) is 13.1. The fourth-order valence-corrected chi connectivity index (χ4v) is 6.74. The van der Waals surface area contributed by atoms with Gasteiger partial charge in [0, 0.05) is 39.3 Å². The maximum absolute atomic E-state index is 12.7. The molecule has 27 heavy (non-hydrogen) atoms. The number of carbonyl (C=O) groups is 1. The van der Waals surface area contributed by atoms with E-state index in [1.165, 1.54) is 32.1 Å². The van der Waals surface area contributed by atoms with Crippen molar-refractivity contribution in [2.24, 2.45) is 30.7 Å².